The number of pyridine rings is 2. The summed E-state index contributed by atoms with van der Waals surface area (Å²) in [6.45, 7) is 0. The van der Waals surface area contributed by atoms with Gasteiger partial charge >= 0.3 is 0 Å². The van der Waals surface area contributed by atoms with E-state index >= 15 is 0 Å². The SMILES string of the molecule is C(=Nc1ccc(-c2ccc(-c3c(-c4ccccc4)c(-c4ccccc4)c(-c4ccccc4)c(-c4ccccc4)c3-c3ccc(-c4ccc(N=Cc5c[nH]c6ncccc56)cc4)cc3)cc2)cc1)c1c[nH]c2ncccc12. The van der Waals surface area contributed by atoms with Gasteiger partial charge in [0.05, 0.1) is 11.4 Å². The molecule has 4 heterocycles. The smallest absolute Gasteiger partial charge is 0.137 e. The minimum Gasteiger partial charge on any atom is -0.345 e. The lowest BCUT2D eigenvalue weighted by Gasteiger charge is -2.29. The standard InChI is InChI=1S/C70H48N6/c1-5-15-51(16-6-1)63-64(52-17-7-2-8-18-52)66(54-21-11-4-12-22-54)68(56-31-27-48(28-32-56)50-35-39-60(40-36-50)74-44-58-46-76-70-62(58)24-14-42-72-70)67(65(63)53-19-9-3-10-20-53)55-29-25-47(26-30-55)49-33-37-59(38-34-49)73-43-57-45-75-69-61(57)23-13-41-71-69/h1-46H,(H,71,75)(H,72,76). The van der Waals surface area contributed by atoms with Gasteiger partial charge in [0, 0.05) is 59.1 Å². The van der Waals surface area contributed by atoms with E-state index in [9.17, 15) is 0 Å². The van der Waals surface area contributed by atoms with Crippen LogP contribution in [0.2, 0.25) is 0 Å². The van der Waals surface area contributed by atoms with Crippen LogP contribution in [0.4, 0.5) is 11.4 Å². The Morgan fingerprint density at radius 1 is 0.263 bits per heavy atom. The number of benzene rings is 9. The molecular weight excluding hydrogens is 925 g/mol. The number of hydrogen-bond donors (Lipinski definition) is 2. The monoisotopic (exact) mass is 972 g/mol. The fourth-order valence-corrected chi connectivity index (χ4v) is 10.5. The van der Waals surface area contributed by atoms with Crippen LogP contribution in [0.25, 0.3) is 111 Å². The normalized spacial score (nSPS) is 11.6. The molecule has 13 aromatic rings. The van der Waals surface area contributed by atoms with Crippen LogP contribution in [-0.2, 0) is 0 Å². The number of nitrogens with zero attached hydrogens (tertiary/aromatic N) is 4. The van der Waals surface area contributed by atoms with Gasteiger partial charge in [-0.2, -0.15) is 0 Å². The third kappa shape index (κ3) is 8.90. The summed E-state index contributed by atoms with van der Waals surface area (Å²) in [5, 5.41) is 2.09. The molecule has 6 heteroatoms. The molecule has 0 radical (unpaired) electrons. The van der Waals surface area contributed by atoms with Crippen molar-refractivity contribution in [1.82, 2.24) is 19.9 Å². The molecule has 0 aliphatic rings. The molecule has 0 unspecified atom stereocenters. The molecule has 76 heavy (non-hydrogen) atoms. The lowest BCUT2D eigenvalue weighted by atomic mass is 9.74. The highest BCUT2D eigenvalue weighted by atomic mass is 14.8. The number of H-pyrrole nitrogens is 2. The Bertz CT molecular complexity index is 3920. The number of fused-ring (bicyclic) bond motifs is 2. The summed E-state index contributed by atoms with van der Waals surface area (Å²) in [5.74, 6) is 0. The van der Waals surface area contributed by atoms with Crippen LogP contribution in [0.3, 0.4) is 0 Å². The molecule has 0 aliphatic heterocycles. The van der Waals surface area contributed by atoms with Crippen LogP contribution in [0.1, 0.15) is 11.1 Å². The highest BCUT2D eigenvalue weighted by Gasteiger charge is 2.29. The van der Waals surface area contributed by atoms with E-state index in [1.54, 1.807) is 12.4 Å². The summed E-state index contributed by atoms with van der Waals surface area (Å²) >= 11 is 0. The molecule has 0 amide bonds. The molecule has 0 atom stereocenters. The molecule has 13 rings (SSSR count). The van der Waals surface area contributed by atoms with Crippen molar-refractivity contribution in [1.29, 1.82) is 0 Å². The molecule has 2 N–H and O–H groups in total. The van der Waals surface area contributed by atoms with E-state index in [2.05, 4.69) is 250 Å². The van der Waals surface area contributed by atoms with Crippen LogP contribution in [0.15, 0.2) is 277 Å². The van der Waals surface area contributed by atoms with Gasteiger partial charge in [0.15, 0.2) is 0 Å². The van der Waals surface area contributed by atoms with Crippen LogP contribution in [-0.4, -0.2) is 32.4 Å². The van der Waals surface area contributed by atoms with Crippen molar-refractivity contribution in [2.45, 2.75) is 0 Å². The van der Waals surface area contributed by atoms with Crippen molar-refractivity contribution in [2.75, 3.05) is 0 Å². The summed E-state index contributed by atoms with van der Waals surface area (Å²) in [6.07, 6.45) is 11.3. The Morgan fingerprint density at radius 3 is 0.829 bits per heavy atom. The fourth-order valence-electron chi connectivity index (χ4n) is 10.5. The van der Waals surface area contributed by atoms with E-state index in [0.717, 1.165) is 111 Å². The lowest BCUT2D eigenvalue weighted by Crippen LogP contribution is -2.02. The Morgan fingerprint density at radius 2 is 0.526 bits per heavy atom. The number of hydrogen-bond acceptors (Lipinski definition) is 4. The zero-order chi connectivity index (χ0) is 50.6. The Kier molecular flexibility index (Phi) is 12.2. The van der Waals surface area contributed by atoms with Gasteiger partial charge in [0.1, 0.15) is 11.3 Å². The molecule has 0 spiro atoms. The van der Waals surface area contributed by atoms with Crippen LogP contribution >= 0.6 is 0 Å². The van der Waals surface area contributed by atoms with E-state index in [4.69, 9.17) is 9.98 Å². The Balaban J connectivity index is 0.969. The third-order valence-electron chi connectivity index (χ3n) is 14.2. The average Bonchev–Trinajstić information content (AvgIpc) is 4.14. The van der Waals surface area contributed by atoms with Gasteiger partial charge in [-0.25, -0.2) is 9.97 Å². The van der Waals surface area contributed by atoms with Gasteiger partial charge in [0.25, 0.3) is 0 Å². The van der Waals surface area contributed by atoms with Crippen molar-refractivity contribution >= 4 is 45.9 Å². The first kappa shape index (κ1) is 45.6. The molecule has 0 fully saturated rings. The number of aromatic amines is 2. The highest BCUT2D eigenvalue weighted by Crippen LogP contribution is 2.56. The summed E-state index contributed by atoms with van der Waals surface area (Å²) in [4.78, 5) is 25.0. The predicted octanol–water partition coefficient (Wildman–Crippen LogP) is 18.3. The second kappa shape index (κ2) is 20.3. The molecular formula is C70H48N6. The quantitative estimate of drug-likeness (QED) is 0.120. The zero-order valence-corrected chi connectivity index (χ0v) is 41.3. The summed E-state index contributed by atoms with van der Waals surface area (Å²) in [6, 6.07) is 86.9. The maximum Gasteiger partial charge on any atom is 0.137 e. The zero-order valence-electron chi connectivity index (χ0n) is 41.3. The molecule has 4 aromatic heterocycles. The summed E-state index contributed by atoms with van der Waals surface area (Å²) < 4.78 is 0. The predicted molar refractivity (Wildman–Crippen MR) is 317 cm³/mol. The average molecular weight is 973 g/mol. The Labute approximate surface area is 441 Å². The largest absolute Gasteiger partial charge is 0.345 e. The molecule has 0 saturated heterocycles. The first-order chi connectivity index (χ1) is 37.7. The number of aliphatic imine (C=N–C) groups is 2. The van der Waals surface area contributed by atoms with Crippen molar-refractivity contribution in [3.63, 3.8) is 0 Å². The van der Waals surface area contributed by atoms with E-state index in [0.29, 0.717) is 0 Å². The molecule has 0 saturated carbocycles. The molecule has 0 aliphatic carbocycles. The van der Waals surface area contributed by atoms with E-state index in [1.165, 1.54) is 22.3 Å². The van der Waals surface area contributed by atoms with Crippen LogP contribution < -0.4 is 0 Å². The van der Waals surface area contributed by atoms with E-state index in [1.807, 2.05) is 37.0 Å². The topological polar surface area (TPSA) is 82.1 Å². The second-order valence-electron chi connectivity index (χ2n) is 18.8. The van der Waals surface area contributed by atoms with Crippen molar-refractivity contribution in [3.8, 4) is 89.0 Å². The first-order valence-corrected chi connectivity index (χ1v) is 25.5. The highest BCUT2D eigenvalue weighted by molar-refractivity contribution is 6.15. The summed E-state index contributed by atoms with van der Waals surface area (Å²) in [7, 11) is 0. The second-order valence-corrected chi connectivity index (χ2v) is 18.8. The van der Waals surface area contributed by atoms with E-state index < -0.39 is 0 Å². The van der Waals surface area contributed by atoms with Crippen molar-refractivity contribution in [3.05, 3.63) is 279 Å². The van der Waals surface area contributed by atoms with Gasteiger partial charge in [-0.15, -0.1) is 0 Å². The minimum absolute atomic E-state index is 0.851. The first-order valence-electron chi connectivity index (χ1n) is 25.5. The Hall–Kier alpha value is -10.3. The van der Waals surface area contributed by atoms with Gasteiger partial charge in [-0.3, -0.25) is 9.98 Å². The maximum atomic E-state index is 4.83. The van der Waals surface area contributed by atoms with Gasteiger partial charge in [-0.05, 0) is 138 Å². The van der Waals surface area contributed by atoms with Crippen LogP contribution in [0.5, 0.6) is 0 Å². The van der Waals surface area contributed by atoms with Gasteiger partial charge in [0.2, 0.25) is 0 Å². The van der Waals surface area contributed by atoms with Gasteiger partial charge < -0.3 is 9.97 Å². The molecule has 6 nitrogen and oxygen atoms in total. The van der Waals surface area contributed by atoms with E-state index in [-0.39, 0.29) is 0 Å². The maximum absolute atomic E-state index is 4.83. The summed E-state index contributed by atoms with van der Waals surface area (Å²) in [5.41, 5.74) is 23.8. The van der Waals surface area contributed by atoms with Crippen molar-refractivity contribution in [2.24, 2.45) is 9.98 Å². The third-order valence-corrected chi connectivity index (χ3v) is 14.2. The lowest BCUT2D eigenvalue weighted by molar-refractivity contribution is 1.33. The van der Waals surface area contributed by atoms with Gasteiger partial charge in [-0.1, -0.05) is 194 Å². The molecule has 9 aromatic carbocycles. The fraction of sp³-hybridized carbons (Fsp3) is 0. The van der Waals surface area contributed by atoms with Crippen LogP contribution in [0, 0.1) is 0 Å². The van der Waals surface area contributed by atoms with Crippen molar-refractivity contribution < 1.29 is 0 Å². The molecule has 0 bridgehead atoms. The molecule has 358 valence electrons. The number of nitrogens with one attached hydrogen (secondary N) is 2. The minimum atomic E-state index is 0.851. The number of aromatic nitrogens is 4. The number of rotatable bonds is 12.